The van der Waals surface area contributed by atoms with Crippen LogP contribution in [-0.2, 0) is 14.3 Å². The van der Waals surface area contributed by atoms with Gasteiger partial charge < -0.3 is 25.6 Å². The third-order valence-corrected chi connectivity index (χ3v) is 5.87. The number of rotatable bonds is 8. The number of aromatic nitrogens is 1. The minimum atomic E-state index is -0.726. The lowest BCUT2D eigenvalue weighted by Crippen LogP contribution is -2.52. The summed E-state index contributed by atoms with van der Waals surface area (Å²) in [5.74, 6) is -0.746. The molecule has 2 fully saturated rings. The molecule has 1 atom stereocenters. The number of ether oxygens (including phenoxy) is 1. The van der Waals surface area contributed by atoms with Crippen LogP contribution in [0.25, 0.3) is 0 Å². The Balaban J connectivity index is 1.29. The lowest BCUT2D eigenvalue weighted by molar-refractivity contribution is -0.134. The average molecular weight is 489 g/mol. The van der Waals surface area contributed by atoms with Crippen molar-refractivity contribution >= 4 is 29.5 Å². The highest BCUT2D eigenvalue weighted by atomic mass is 16.6. The molecule has 35 heavy (non-hydrogen) atoms. The molecule has 2 aliphatic heterocycles. The fourth-order valence-corrected chi connectivity index (χ4v) is 3.94. The Labute approximate surface area is 205 Å². The summed E-state index contributed by atoms with van der Waals surface area (Å²) in [4.78, 5) is 53.4. The van der Waals surface area contributed by atoms with Crippen LogP contribution in [0.3, 0.4) is 0 Å². The highest BCUT2D eigenvalue weighted by Gasteiger charge is 2.28. The molecule has 11 nitrogen and oxygen atoms in total. The Hall–Kier alpha value is -3.21. The summed E-state index contributed by atoms with van der Waals surface area (Å²) < 4.78 is 5.44. The number of carbonyl (C=O) groups is 4. The minimum Gasteiger partial charge on any atom is -0.444 e. The molecule has 192 valence electrons. The van der Waals surface area contributed by atoms with Crippen LogP contribution in [0, 0.1) is 5.92 Å². The number of amides is 4. The zero-order valence-electron chi connectivity index (χ0n) is 20.7. The van der Waals surface area contributed by atoms with E-state index in [4.69, 9.17) is 4.74 Å². The quantitative estimate of drug-likeness (QED) is 0.317. The topological polar surface area (TPSA) is 142 Å². The van der Waals surface area contributed by atoms with Crippen molar-refractivity contribution < 1.29 is 23.9 Å². The number of nitrogens with zero attached hydrogens (tertiary/aromatic N) is 2. The predicted octanol–water partition coefficient (Wildman–Crippen LogP) is 1.27. The molecular formula is C24H36N6O5. The molecule has 1 aromatic rings. The van der Waals surface area contributed by atoms with Gasteiger partial charge in [-0.2, -0.15) is 0 Å². The van der Waals surface area contributed by atoms with Gasteiger partial charge in [-0.25, -0.2) is 9.78 Å². The molecule has 0 bridgehead atoms. The smallest absolute Gasteiger partial charge is 0.410 e. The highest BCUT2D eigenvalue weighted by Crippen LogP contribution is 2.19. The van der Waals surface area contributed by atoms with Crippen LogP contribution < -0.4 is 21.3 Å². The molecule has 4 amide bonds. The molecule has 3 rings (SSSR count). The zero-order chi connectivity index (χ0) is 25.4. The standard InChI is InChI=1S/C24H36N6O5/c1-24(2,3)35-23(34)30-12-8-16(9-13-30)14-25-10-11-26-17-4-5-18(27-15-17)21(32)28-19-6-7-20(31)29-22(19)33/h4-5,15-16,19,25-26H,6-14H2,1-3H3,(H,28,32)(H,29,31,33). The Morgan fingerprint density at radius 1 is 1.14 bits per heavy atom. The van der Waals surface area contributed by atoms with Gasteiger partial charge in [-0.1, -0.05) is 0 Å². The van der Waals surface area contributed by atoms with Crippen LogP contribution in [0.15, 0.2) is 18.3 Å². The van der Waals surface area contributed by atoms with E-state index in [1.54, 1.807) is 23.2 Å². The fourth-order valence-electron chi connectivity index (χ4n) is 3.94. The van der Waals surface area contributed by atoms with Crippen LogP contribution in [0.4, 0.5) is 10.5 Å². The van der Waals surface area contributed by atoms with E-state index in [-0.39, 0.29) is 30.5 Å². The van der Waals surface area contributed by atoms with Crippen molar-refractivity contribution in [3.8, 4) is 0 Å². The van der Waals surface area contributed by atoms with Gasteiger partial charge >= 0.3 is 6.09 Å². The second-order valence-electron chi connectivity index (χ2n) is 9.95. The summed E-state index contributed by atoms with van der Waals surface area (Å²) >= 11 is 0. The zero-order valence-corrected chi connectivity index (χ0v) is 20.7. The Morgan fingerprint density at radius 2 is 1.89 bits per heavy atom. The summed E-state index contributed by atoms with van der Waals surface area (Å²) in [6, 6.07) is 2.63. The van der Waals surface area contributed by atoms with Gasteiger partial charge in [-0.15, -0.1) is 0 Å². The first-order valence-corrected chi connectivity index (χ1v) is 12.1. The SMILES string of the molecule is CC(C)(C)OC(=O)N1CCC(CNCCNc2ccc(C(=O)NC3CCC(=O)NC3=O)nc2)CC1. The lowest BCUT2D eigenvalue weighted by Gasteiger charge is -2.33. The number of hydrogen-bond acceptors (Lipinski definition) is 8. The summed E-state index contributed by atoms with van der Waals surface area (Å²) in [6.45, 7) is 9.41. The van der Waals surface area contributed by atoms with Crippen LogP contribution in [0.1, 0.15) is 56.9 Å². The third-order valence-electron chi connectivity index (χ3n) is 5.87. The lowest BCUT2D eigenvalue weighted by atomic mass is 9.97. The van der Waals surface area contributed by atoms with Crippen molar-refractivity contribution in [2.75, 3.05) is 38.0 Å². The van der Waals surface area contributed by atoms with Gasteiger partial charge in [0, 0.05) is 32.6 Å². The Kier molecular flexibility index (Phi) is 9.02. The molecule has 2 saturated heterocycles. The second-order valence-corrected chi connectivity index (χ2v) is 9.95. The molecule has 0 saturated carbocycles. The molecular weight excluding hydrogens is 452 g/mol. The van der Waals surface area contributed by atoms with Gasteiger partial charge in [0.1, 0.15) is 17.3 Å². The average Bonchev–Trinajstić information content (AvgIpc) is 2.80. The first-order valence-electron chi connectivity index (χ1n) is 12.1. The molecule has 2 aliphatic rings. The Morgan fingerprint density at radius 3 is 2.51 bits per heavy atom. The fraction of sp³-hybridized carbons (Fsp3) is 0.625. The van der Waals surface area contributed by atoms with Crippen molar-refractivity contribution in [1.29, 1.82) is 0 Å². The molecule has 1 aromatic heterocycles. The van der Waals surface area contributed by atoms with Gasteiger partial charge in [0.2, 0.25) is 11.8 Å². The van der Waals surface area contributed by atoms with E-state index in [1.807, 2.05) is 20.8 Å². The van der Waals surface area contributed by atoms with Crippen molar-refractivity contribution in [1.82, 2.24) is 25.8 Å². The molecule has 0 radical (unpaired) electrons. The normalized spacial score (nSPS) is 19.2. The van der Waals surface area contributed by atoms with E-state index < -0.39 is 23.5 Å². The molecule has 3 heterocycles. The number of imide groups is 1. The largest absolute Gasteiger partial charge is 0.444 e. The number of piperidine rings is 2. The maximum atomic E-state index is 12.3. The van der Waals surface area contributed by atoms with Crippen LogP contribution >= 0.6 is 0 Å². The van der Waals surface area contributed by atoms with Gasteiger partial charge in [0.25, 0.3) is 5.91 Å². The maximum absolute atomic E-state index is 12.3. The van der Waals surface area contributed by atoms with Crippen LogP contribution in [0.5, 0.6) is 0 Å². The molecule has 0 aliphatic carbocycles. The number of anilines is 1. The van der Waals surface area contributed by atoms with Crippen molar-refractivity contribution in [2.45, 2.75) is 58.1 Å². The van der Waals surface area contributed by atoms with Crippen molar-refractivity contribution in [3.05, 3.63) is 24.0 Å². The summed E-state index contributed by atoms with van der Waals surface area (Å²) in [6.07, 6.45) is 3.73. The molecule has 11 heteroatoms. The molecule has 0 spiro atoms. The van der Waals surface area contributed by atoms with Crippen molar-refractivity contribution in [3.63, 3.8) is 0 Å². The third kappa shape index (κ3) is 8.50. The van der Waals surface area contributed by atoms with Crippen LogP contribution in [-0.4, -0.2) is 78.1 Å². The Bertz CT molecular complexity index is 906. The van der Waals surface area contributed by atoms with Crippen molar-refractivity contribution in [2.24, 2.45) is 5.92 Å². The van der Waals surface area contributed by atoms with Gasteiger partial charge in [0.05, 0.1) is 11.9 Å². The van der Waals surface area contributed by atoms with Gasteiger partial charge in [0.15, 0.2) is 0 Å². The van der Waals surface area contributed by atoms with E-state index >= 15 is 0 Å². The minimum absolute atomic E-state index is 0.201. The number of carbonyl (C=O) groups excluding carboxylic acids is 4. The number of nitrogens with one attached hydrogen (secondary N) is 4. The number of hydrogen-bond donors (Lipinski definition) is 4. The van der Waals surface area contributed by atoms with E-state index in [9.17, 15) is 19.2 Å². The maximum Gasteiger partial charge on any atom is 0.410 e. The van der Waals surface area contributed by atoms with Crippen LogP contribution in [0.2, 0.25) is 0 Å². The van der Waals surface area contributed by atoms with E-state index in [1.165, 1.54) is 0 Å². The van der Waals surface area contributed by atoms with Gasteiger partial charge in [-0.3, -0.25) is 19.7 Å². The second kappa shape index (κ2) is 12.0. The number of pyridine rings is 1. The van der Waals surface area contributed by atoms with Gasteiger partial charge in [-0.05, 0) is 64.6 Å². The van der Waals surface area contributed by atoms with E-state index in [0.29, 0.717) is 25.6 Å². The molecule has 1 unspecified atom stereocenters. The highest BCUT2D eigenvalue weighted by molar-refractivity contribution is 6.03. The molecule has 4 N–H and O–H groups in total. The predicted molar refractivity (Wildman–Crippen MR) is 130 cm³/mol. The van der Waals surface area contributed by atoms with E-state index in [2.05, 4.69) is 26.3 Å². The monoisotopic (exact) mass is 488 g/mol. The summed E-state index contributed by atoms with van der Waals surface area (Å²) in [5.41, 5.74) is 0.520. The summed E-state index contributed by atoms with van der Waals surface area (Å²) in [7, 11) is 0. The first kappa shape index (κ1) is 26.4. The number of likely N-dealkylation sites (tertiary alicyclic amines) is 1. The summed E-state index contributed by atoms with van der Waals surface area (Å²) in [5, 5.41) is 11.5. The first-order chi connectivity index (χ1) is 16.6. The molecule has 0 aromatic carbocycles. The van der Waals surface area contributed by atoms with E-state index in [0.717, 1.165) is 31.6 Å².